The van der Waals surface area contributed by atoms with Crippen LogP contribution in [0.1, 0.15) is 53.4 Å². The van der Waals surface area contributed by atoms with Crippen LogP contribution in [0.4, 0.5) is 0 Å². The molecule has 6 nitrogen and oxygen atoms in total. The molecule has 6 heteroatoms. The average Bonchev–Trinajstić information content (AvgIpc) is 2.95. The number of aliphatic carboxylic acids is 1. The zero-order chi connectivity index (χ0) is 18.3. The summed E-state index contributed by atoms with van der Waals surface area (Å²) in [5, 5.41) is 15.7. The number of nitrogens with one attached hydrogen (secondary N) is 2. The van der Waals surface area contributed by atoms with Crippen molar-refractivity contribution in [3.63, 3.8) is 0 Å². The summed E-state index contributed by atoms with van der Waals surface area (Å²) in [4.78, 5) is 23.3. The third-order valence-electron chi connectivity index (χ3n) is 5.06. The van der Waals surface area contributed by atoms with Gasteiger partial charge in [0.1, 0.15) is 6.04 Å². The molecule has 0 bridgehead atoms. The zero-order valence-electron chi connectivity index (χ0n) is 15.5. The Balaban J connectivity index is 3.25. The average molecular weight is 340 g/mol. The summed E-state index contributed by atoms with van der Waals surface area (Å²) in [6, 6.07) is -1.09. The highest BCUT2D eigenvalue weighted by Crippen LogP contribution is 2.34. The molecule has 0 aromatic heterocycles. The predicted molar refractivity (Wildman–Crippen MR) is 93.8 cm³/mol. The third-order valence-corrected chi connectivity index (χ3v) is 5.06. The maximum absolute atomic E-state index is 11.8. The maximum Gasteiger partial charge on any atom is 0.320 e. The zero-order valence-corrected chi connectivity index (χ0v) is 15.5. The summed E-state index contributed by atoms with van der Waals surface area (Å²) in [5.41, 5.74) is -0.523. The first-order chi connectivity index (χ1) is 11.3. The largest absolute Gasteiger partial charge is 0.480 e. The molecule has 1 fully saturated rings. The highest BCUT2D eigenvalue weighted by Gasteiger charge is 2.48. The maximum atomic E-state index is 11.8. The molecule has 3 N–H and O–H groups in total. The number of hydrogen-bond acceptors (Lipinski definition) is 4. The van der Waals surface area contributed by atoms with Crippen molar-refractivity contribution in [3.8, 4) is 0 Å². The second-order valence-electron chi connectivity index (χ2n) is 6.56. The molecule has 1 heterocycles. The Kier molecular flexibility index (Phi) is 7.90. The molecular weight excluding hydrogens is 308 g/mol. The van der Waals surface area contributed by atoms with E-state index in [0.717, 1.165) is 19.3 Å². The van der Waals surface area contributed by atoms with Gasteiger partial charge in [-0.1, -0.05) is 32.4 Å². The van der Waals surface area contributed by atoms with Gasteiger partial charge in [0, 0.05) is 20.1 Å². The van der Waals surface area contributed by atoms with Crippen LogP contribution in [0, 0.1) is 5.92 Å². The molecular formula is C18H32N2O4. The fourth-order valence-corrected chi connectivity index (χ4v) is 3.92. The van der Waals surface area contributed by atoms with E-state index in [0.29, 0.717) is 6.42 Å². The highest BCUT2D eigenvalue weighted by atomic mass is 16.5. The monoisotopic (exact) mass is 340 g/mol. The van der Waals surface area contributed by atoms with Gasteiger partial charge in [0.05, 0.1) is 11.6 Å². The van der Waals surface area contributed by atoms with Crippen molar-refractivity contribution in [2.45, 2.75) is 77.1 Å². The van der Waals surface area contributed by atoms with Crippen molar-refractivity contribution in [2.75, 3.05) is 7.11 Å². The molecule has 0 unspecified atom stereocenters. The van der Waals surface area contributed by atoms with Crippen LogP contribution in [0.25, 0.3) is 0 Å². The van der Waals surface area contributed by atoms with E-state index in [1.54, 1.807) is 7.11 Å². The molecule has 5 atom stereocenters. The first-order valence-electron chi connectivity index (χ1n) is 8.79. The topological polar surface area (TPSA) is 87.7 Å². The lowest BCUT2D eigenvalue weighted by Crippen LogP contribution is -2.63. The molecule has 0 radical (unpaired) electrons. The van der Waals surface area contributed by atoms with Gasteiger partial charge in [-0.2, -0.15) is 0 Å². The van der Waals surface area contributed by atoms with E-state index in [9.17, 15) is 14.7 Å². The van der Waals surface area contributed by atoms with E-state index in [1.165, 1.54) is 6.92 Å². The number of amides is 1. The van der Waals surface area contributed by atoms with Gasteiger partial charge in [-0.3, -0.25) is 14.9 Å². The van der Waals surface area contributed by atoms with Gasteiger partial charge in [-0.05, 0) is 32.1 Å². The second kappa shape index (κ2) is 9.18. The minimum atomic E-state index is -0.858. The van der Waals surface area contributed by atoms with Crippen molar-refractivity contribution in [3.05, 3.63) is 12.2 Å². The standard InChI is InChI=1S/C18H32N2O4/c1-6-9-13-11-14(17(22)23)20-15(13)16(19-12(4)21)18(8-3,24-5)10-7-2/h6,9,13-16,20H,7-8,10-11H2,1-5H3,(H,19,21)(H,22,23)/b9-6-/t13-,14-,15-,16-,18-/m1/s1. The number of ether oxygens (including phenoxy) is 1. The molecule has 0 spiro atoms. The Morgan fingerprint density at radius 2 is 2.12 bits per heavy atom. The van der Waals surface area contributed by atoms with E-state index in [4.69, 9.17) is 4.74 Å². The van der Waals surface area contributed by atoms with Crippen LogP contribution < -0.4 is 10.6 Å². The molecule has 24 heavy (non-hydrogen) atoms. The van der Waals surface area contributed by atoms with E-state index in [2.05, 4.69) is 17.6 Å². The molecule has 1 rings (SSSR count). The third kappa shape index (κ3) is 4.57. The number of carboxylic acids is 1. The van der Waals surface area contributed by atoms with Gasteiger partial charge >= 0.3 is 5.97 Å². The van der Waals surface area contributed by atoms with E-state index in [-0.39, 0.29) is 23.9 Å². The Hall–Kier alpha value is -1.40. The Labute approximate surface area is 145 Å². The molecule has 0 aromatic carbocycles. The summed E-state index contributed by atoms with van der Waals surface area (Å²) in [7, 11) is 1.67. The Morgan fingerprint density at radius 3 is 2.54 bits per heavy atom. The highest BCUT2D eigenvalue weighted by molar-refractivity contribution is 5.75. The number of carbonyl (C=O) groups is 2. The molecule has 1 amide bonds. The number of carbonyl (C=O) groups excluding carboxylic acids is 1. The summed E-state index contributed by atoms with van der Waals surface area (Å²) in [6.07, 6.45) is 6.92. The first-order valence-corrected chi connectivity index (χ1v) is 8.79. The van der Waals surface area contributed by atoms with Crippen molar-refractivity contribution in [1.29, 1.82) is 0 Å². The molecule has 138 valence electrons. The molecule has 0 saturated carbocycles. The van der Waals surface area contributed by atoms with Crippen molar-refractivity contribution < 1.29 is 19.4 Å². The fraction of sp³-hybridized carbons (Fsp3) is 0.778. The SMILES string of the molecule is C/C=C\[C@@H]1C[C@H](C(=O)O)N[C@H]1[C@@H](NC(C)=O)[C@@](CC)(CCC)OC. The number of hydrogen-bond donors (Lipinski definition) is 3. The number of methoxy groups -OCH3 is 1. The summed E-state index contributed by atoms with van der Waals surface area (Å²) in [5.74, 6) is -0.958. The first kappa shape index (κ1) is 20.6. The lowest BCUT2D eigenvalue weighted by molar-refractivity contribution is -0.139. The van der Waals surface area contributed by atoms with E-state index >= 15 is 0 Å². The smallest absolute Gasteiger partial charge is 0.320 e. The fourth-order valence-electron chi connectivity index (χ4n) is 3.92. The van der Waals surface area contributed by atoms with Gasteiger partial charge < -0.3 is 15.2 Å². The quantitative estimate of drug-likeness (QED) is 0.560. The lowest BCUT2D eigenvalue weighted by Gasteiger charge is -2.43. The van der Waals surface area contributed by atoms with Crippen LogP contribution in [0.3, 0.4) is 0 Å². The van der Waals surface area contributed by atoms with Crippen LogP contribution in [0.2, 0.25) is 0 Å². The molecule has 1 aliphatic heterocycles. The van der Waals surface area contributed by atoms with Gasteiger partial charge in [-0.25, -0.2) is 0 Å². The molecule has 1 saturated heterocycles. The van der Waals surface area contributed by atoms with Crippen LogP contribution in [-0.2, 0) is 14.3 Å². The number of rotatable bonds is 9. The van der Waals surface area contributed by atoms with Gasteiger partial charge in [0.15, 0.2) is 0 Å². The summed E-state index contributed by atoms with van der Waals surface area (Å²) in [6.45, 7) is 7.54. The lowest BCUT2D eigenvalue weighted by atomic mass is 9.78. The van der Waals surface area contributed by atoms with Crippen molar-refractivity contribution in [1.82, 2.24) is 10.6 Å². The van der Waals surface area contributed by atoms with Crippen molar-refractivity contribution >= 4 is 11.9 Å². The number of carboxylic acid groups (broad SMARTS) is 1. The van der Waals surface area contributed by atoms with Gasteiger partial charge in [-0.15, -0.1) is 0 Å². The van der Waals surface area contributed by atoms with Gasteiger partial charge in [0.25, 0.3) is 0 Å². The van der Waals surface area contributed by atoms with Crippen LogP contribution >= 0.6 is 0 Å². The molecule has 0 aromatic rings. The Morgan fingerprint density at radius 1 is 1.46 bits per heavy atom. The molecule has 0 aliphatic carbocycles. The van der Waals surface area contributed by atoms with Crippen LogP contribution in [-0.4, -0.2) is 47.8 Å². The summed E-state index contributed by atoms with van der Waals surface area (Å²) >= 11 is 0. The second-order valence-corrected chi connectivity index (χ2v) is 6.56. The van der Waals surface area contributed by atoms with E-state index in [1.807, 2.05) is 26.0 Å². The minimum absolute atomic E-state index is 0.0332. The predicted octanol–water partition coefficient (Wildman–Crippen LogP) is 2.09. The van der Waals surface area contributed by atoms with Gasteiger partial charge in [0.2, 0.25) is 5.91 Å². The van der Waals surface area contributed by atoms with Crippen LogP contribution in [0.15, 0.2) is 12.2 Å². The summed E-state index contributed by atoms with van der Waals surface area (Å²) < 4.78 is 5.90. The number of allylic oxidation sites excluding steroid dienone is 1. The van der Waals surface area contributed by atoms with E-state index < -0.39 is 17.6 Å². The van der Waals surface area contributed by atoms with Crippen molar-refractivity contribution in [2.24, 2.45) is 5.92 Å². The minimum Gasteiger partial charge on any atom is -0.480 e. The van der Waals surface area contributed by atoms with Crippen LogP contribution in [0.5, 0.6) is 0 Å². The Bertz CT molecular complexity index is 460. The normalized spacial score (nSPS) is 27.8. The molecule has 1 aliphatic rings.